The van der Waals surface area contributed by atoms with Crippen LogP contribution in [0.3, 0.4) is 0 Å². The molecule has 0 spiro atoms. The van der Waals surface area contributed by atoms with Crippen molar-refractivity contribution < 1.29 is 12.9 Å². The largest absolute Gasteiger partial charge is 0.513 e. The fourth-order valence-electron chi connectivity index (χ4n) is 1.26. The lowest BCUT2D eigenvalue weighted by atomic mass is 9.78. The summed E-state index contributed by atoms with van der Waals surface area (Å²) in [7, 11) is 1.51. The topological polar surface area (TPSA) is 17.8 Å². The number of hydrogen-bond donors (Lipinski definition) is 0. The molecule has 0 bridgehead atoms. The summed E-state index contributed by atoms with van der Waals surface area (Å²) in [6, 6.07) is 0. The van der Waals surface area contributed by atoms with Gasteiger partial charge in [0.25, 0.3) is 0 Å². The van der Waals surface area contributed by atoms with Crippen LogP contribution in [0.1, 0.15) is 11.4 Å². The zero-order chi connectivity index (χ0) is 9.52. The van der Waals surface area contributed by atoms with E-state index < -0.39 is 12.4 Å². The van der Waals surface area contributed by atoms with E-state index in [4.69, 9.17) is 0 Å². The number of hydrogen-bond acceptors (Lipinski definition) is 1. The predicted molar refractivity (Wildman–Crippen MR) is 41.4 cm³/mol. The molecule has 1 heterocycles. The SMILES string of the molecule is Cc1nn(C)c(C)c1[B-](F)(F)F. The van der Waals surface area contributed by atoms with Gasteiger partial charge in [0.1, 0.15) is 0 Å². The molecule has 0 aliphatic rings. The molecule has 0 aliphatic heterocycles. The Kier molecular flexibility index (Phi) is 1.93. The van der Waals surface area contributed by atoms with Gasteiger partial charge in [-0.1, -0.05) is 5.46 Å². The molecule has 0 radical (unpaired) electrons. The first-order valence-corrected chi connectivity index (χ1v) is 3.54. The Morgan fingerprint density at radius 2 is 1.75 bits per heavy atom. The van der Waals surface area contributed by atoms with Gasteiger partial charge in [0.05, 0.1) is 0 Å². The Morgan fingerprint density at radius 3 is 1.92 bits per heavy atom. The Bertz CT molecular complexity index is 302. The van der Waals surface area contributed by atoms with Crippen molar-refractivity contribution in [3.05, 3.63) is 11.4 Å². The molecule has 0 aliphatic carbocycles. The molecule has 0 atom stereocenters. The first-order valence-electron chi connectivity index (χ1n) is 3.54. The highest BCUT2D eigenvalue weighted by molar-refractivity contribution is 6.74. The number of halogens is 3. The predicted octanol–water partition coefficient (Wildman–Crippen LogP) is 1.09. The maximum absolute atomic E-state index is 12.3. The van der Waals surface area contributed by atoms with Crippen LogP contribution in [0.25, 0.3) is 0 Å². The van der Waals surface area contributed by atoms with Crippen LogP contribution in [0.2, 0.25) is 0 Å². The summed E-state index contributed by atoms with van der Waals surface area (Å²) < 4.78 is 38.2. The van der Waals surface area contributed by atoms with Crippen LogP contribution in [-0.2, 0) is 7.05 Å². The van der Waals surface area contributed by atoms with Crippen molar-refractivity contribution in [2.24, 2.45) is 7.05 Å². The standard InChI is InChI=1S/C6H9BF3N2/c1-4-6(7(8,9)10)5(2)12(3)11-4/h1-3H3/q-1. The smallest absolute Gasteiger partial charge is 0.445 e. The van der Waals surface area contributed by atoms with E-state index in [1.165, 1.54) is 25.6 Å². The second-order valence-corrected chi connectivity index (χ2v) is 2.78. The lowest BCUT2D eigenvalue weighted by Crippen LogP contribution is -2.37. The average molecular weight is 177 g/mol. The van der Waals surface area contributed by atoms with Gasteiger partial charge in [0, 0.05) is 18.4 Å². The molecule has 0 saturated heterocycles. The first kappa shape index (κ1) is 9.16. The van der Waals surface area contributed by atoms with Gasteiger partial charge < -0.3 is 12.9 Å². The third-order valence-corrected chi connectivity index (χ3v) is 1.89. The second-order valence-electron chi connectivity index (χ2n) is 2.78. The highest BCUT2D eigenvalue weighted by Crippen LogP contribution is 2.13. The van der Waals surface area contributed by atoms with Crippen LogP contribution < -0.4 is 5.46 Å². The van der Waals surface area contributed by atoms with Gasteiger partial charge in [-0.05, 0) is 13.8 Å². The highest BCUT2D eigenvalue weighted by Gasteiger charge is 2.31. The minimum Gasteiger partial charge on any atom is -0.445 e. The number of aryl methyl sites for hydroxylation is 2. The summed E-state index contributed by atoms with van der Waals surface area (Å²) >= 11 is 0. The maximum Gasteiger partial charge on any atom is 0.513 e. The van der Waals surface area contributed by atoms with E-state index in [1.54, 1.807) is 0 Å². The quantitative estimate of drug-likeness (QED) is 0.587. The molecule has 68 valence electrons. The Morgan fingerprint density at radius 1 is 1.25 bits per heavy atom. The molecule has 0 unspecified atom stereocenters. The van der Waals surface area contributed by atoms with Crippen LogP contribution in [0.4, 0.5) is 12.9 Å². The van der Waals surface area contributed by atoms with Crippen molar-refractivity contribution in [2.45, 2.75) is 13.8 Å². The summed E-state index contributed by atoms with van der Waals surface area (Å²) in [6.07, 6.45) is 0. The number of aromatic nitrogens is 2. The summed E-state index contributed by atoms with van der Waals surface area (Å²) in [5.41, 5.74) is -0.319. The molecule has 0 aromatic carbocycles. The number of nitrogens with zero attached hydrogens (tertiary/aromatic N) is 2. The zero-order valence-electron chi connectivity index (χ0n) is 7.11. The van der Waals surface area contributed by atoms with Gasteiger partial charge in [0.2, 0.25) is 0 Å². The van der Waals surface area contributed by atoms with Gasteiger partial charge in [-0.15, -0.1) is 0 Å². The maximum atomic E-state index is 12.3. The van der Waals surface area contributed by atoms with Crippen molar-refractivity contribution in [3.63, 3.8) is 0 Å². The molecule has 0 N–H and O–H groups in total. The van der Waals surface area contributed by atoms with Crippen molar-refractivity contribution in [1.82, 2.24) is 9.78 Å². The van der Waals surface area contributed by atoms with E-state index in [0.717, 1.165) is 0 Å². The Balaban J connectivity index is 3.32. The van der Waals surface area contributed by atoms with Crippen LogP contribution in [0.15, 0.2) is 0 Å². The van der Waals surface area contributed by atoms with E-state index in [9.17, 15) is 12.9 Å². The van der Waals surface area contributed by atoms with Gasteiger partial charge in [-0.25, -0.2) is 0 Å². The monoisotopic (exact) mass is 177 g/mol. The van der Waals surface area contributed by atoms with Crippen LogP contribution >= 0.6 is 0 Å². The minimum absolute atomic E-state index is 0.0579. The normalized spacial score (nSPS) is 12.2. The molecule has 12 heavy (non-hydrogen) atoms. The highest BCUT2D eigenvalue weighted by atomic mass is 19.4. The summed E-state index contributed by atoms with van der Waals surface area (Å²) in [4.78, 5) is 0. The Labute approximate surface area is 68.4 Å². The fourth-order valence-corrected chi connectivity index (χ4v) is 1.26. The van der Waals surface area contributed by atoms with Crippen LogP contribution in [-0.4, -0.2) is 16.8 Å². The molecule has 6 heteroatoms. The van der Waals surface area contributed by atoms with Crippen molar-refractivity contribution in [3.8, 4) is 0 Å². The van der Waals surface area contributed by atoms with Crippen molar-refractivity contribution in [2.75, 3.05) is 0 Å². The second kappa shape index (κ2) is 2.53. The van der Waals surface area contributed by atoms with Gasteiger partial charge in [-0.2, -0.15) is 5.10 Å². The third-order valence-electron chi connectivity index (χ3n) is 1.89. The van der Waals surface area contributed by atoms with Gasteiger partial charge in [0.15, 0.2) is 0 Å². The molecule has 0 saturated carbocycles. The molecule has 0 amide bonds. The van der Waals surface area contributed by atoms with E-state index in [0.29, 0.717) is 0 Å². The summed E-state index contributed by atoms with van der Waals surface area (Å²) in [5, 5.41) is 3.69. The average Bonchev–Trinajstić information content (AvgIpc) is 2.05. The van der Waals surface area contributed by atoms with Crippen molar-refractivity contribution >= 4 is 12.4 Å². The van der Waals surface area contributed by atoms with E-state index in [2.05, 4.69) is 5.10 Å². The summed E-state index contributed by atoms with van der Waals surface area (Å²) in [6.45, 7) is -2.12. The van der Waals surface area contributed by atoms with E-state index in [-0.39, 0.29) is 11.4 Å². The van der Waals surface area contributed by atoms with E-state index in [1.807, 2.05) is 0 Å². The van der Waals surface area contributed by atoms with E-state index >= 15 is 0 Å². The first-order chi connectivity index (χ1) is 5.34. The summed E-state index contributed by atoms with van der Waals surface area (Å²) in [5.74, 6) is 0. The zero-order valence-corrected chi connectivity index (χ0v) is 7.11. The lowest BCUT2D eigenvalue weighted by Gasteiger charge is -2.14. The third kappa shape index (κ3) is 1.33. The van der Waals surface area contributed by atoms with Gasteiger partial charge >= 0.3 is 6.98 Å². The number of rotatable bonds is 1. The van der Waals surface area contributed by atoms with Crippen molar-refractivity contribution in [1.29, 1.82) is 0 Å². The fraction of sp³-hybridized carbons (Fsp3) is 0.500. The molecule has 0 fully saturated rings. The van der Waals surface area contributed by atoms with Gasteiger partial charge in [-0.3, -0.25) is 4.68 Å². The Hall–Kier alpha value is -0.935. The minimum atomic E-state index is -4.92. The molecule has 1 rings (SSSR count). The molecule has 1 aromatic rings. The van der Waals surface area contributed by atoms with Crippen LogP contribution in [0.5, 0.6) is 0 Å². The van der Waals surface area contributed by atoms with Crippen LogP contribution in [0, 0.1) is 13.8 Å². The molecular formula is C6H9BF3N2-. The molecule has 1 aromatic heterocycles. The lowest BCUT2D eigenvalue weighted by molar-refractivity contribution is 0.500. The molecular weight excluding hydrogens is 168 g/mol. The molecule has 2 nitrogen and oxygen atoms in total.